The number of hydrogen-bond donors (Lipinski definition) is 0. The van der Waals surface area contributed by atoms with Crippen LogP contribution in [0.4, 0.5) is 0 Å². The number of rotatable bonds is 3. The standard InChI is InChI=1S/C39H25N3/c1-3-11-26(12-4-1)35-24-29(21-22-40-35)42-37-18-10-7-15-30(37)32-20-19-27-23-38-34(25-33(27)39(32)42)31-16-8-9-17-36(31)41(38)28-13-5-2-6-14-28/h1-25H. The van der Waals surface area contributed by atoms with Gasteiger partial charge in [0.25, 0.3) is 0 Å². The van der Waals surface area contributed by atoms with Crippen LogP contribution in [0.2, 0.25) is 0 Å². The summed E-state index contributed by atoms with van der Waals surface area (Å²) in [4.78, 5) is 4.73. The fraction of sp³-hybridized carbons (Fsp3) is 0. The molecule has 0 aliphatic rings. The Morgan fingerprint density at radius 2 is 1.07 bits per heavy atom. The van der Waals surface area contributed by atoms with Gasteiger partial charge < -0.3 is 9.13 Å². The van der Waals surface area contributed by atoms with Crippen LogP contribution < -0.4 is 0 Å². The van der Waals surface area contributed by atoms with Crippen molar-refractivity contribution in [3.63, 3.8) is 0 Å². The maximum absolute atomic E-state index is 4.73. The molecule has 3 heterocycles. The zero-order chi connectivity index (χ0) is 27.6. The van der Waals surface area contributed by atoms with Crippen molar-refractivity contribution >= 4 is 54.4 Å². The van der Waals surface area contributed by atoms with Crippen LogP contribution in [0, 0.1) is 0 Å². The highest BCUT2D eigenvalue weighted by molar-refractivity contribution is 6.22. The van der Waals surface area contributed by atoms with E-state index < -0.39 is 0 Å². The molecule has 0 amide bonds. The van der Waals surface area contributed by atoms with Crippen LogP contribution >= 0.6 is 0 Å². The molecule has 0 atom stereocenters. The molecule has 0 fully saturated rings. The summed E-state index contributed by atoms with van der Waals surface area (Å²) in [6.45, 7) is 0. The van der Waals surface area contributed by atoms with Crippen LogP contribution in [0.15, 0.2) is 152 Å². The third-order valence-electron chi connectivity index (χ3n) is 8.53. The molecule has 3 heteroatoms. The lowest BCUT2D eigenvalue weighted by Crippen LogP contribution is -1.96. The zero-order valence-electron chi connectivity index (χ0n) is 22.8. The maximum Gasteiger partial charge on any atom is 0.0722 e. The predicted molar refractivity (Wildman–Crippen MR) is 176 cm³/mol. The van der Waals surface area contributed by atoms with Crippen molar-refractivity contribution in [2.75, 3.05) is 0 Å². The Morgan fingerprint density at radius 3 is 1.86 bits per heavy atom. The summed E-state index contributed by atoms with van der Waals surface area (Å²) in [6, 6.07) is 52.2. The molecule has 0 unspecified atom stereocenters. The molecule has 196 valence electrons. The van der Waals surface area contributed by atoms with Gasteiger partial charge in [0.05, 0.1) is 27.8 Å². The van der Waals surface area contributed by atoms with Crippen molar-refractivity contribution in [3.8, 4) is 22.6 Å². The highest BCUT2D eigenvalue weighted by atomic mass is 15.0. The van der Waals surface area contributed by atoms with Crippen molar-refractivity contribution < 1.29 is 0 Å². The SMILES string of the molecule is c1ccc(-c2cc(-n3c4ccccc4c4ccc5cc6c(cc5c43)c3ccccc3n6-c3ccccc3)ccn2)cc1. The summed E-state index contributed by atoms with van der Waals surface area (Å²) in [5.41, 5.74) is 9.19. The van der Waals surface area contributed by atoms with Crippen molar-refractivity contribution in [1.82, 2.24) is 14.1 Å². The molecule has 0 bridgehead atoms. The van der Waals surface area contributed by atoms with Crippen molar-refractivity contribution in [1.29, 1.82) is 0 Å². The number of fused-ring (bicyclic) bond motifs is 8. The Morgan fingerprint density at radius 1 is 0.405 bits per heavy atom. The average molecular weight is 536 g/mol. The van der Waals surface area contributed by atoms with Crippen LogP contribution in [0.1, 0.15) is 0 Å². The van der Waals surface area contributed by atoms with E-state index in [1.165, 1.54) is 60.1 Å². The van der Waals surface area contributed by atoms with E-state index in [2.05, 4.69) is 149 Å². The molecular formula is C39H25N3. The van der Waals surface area contributed by atoms with E-state index in [1.54, 1.807) is 0 Å². The Balaban J connectivity index is 1.41. The molecule has 0 saturated heterocycles. The lowest BCUT2D eigenvalue weighted by atomic mass is 10.0. The number of pyridine rings is 1. The number of para-hydroxylation sites is 3. The molecule has 3 aromatic heterocycles. The monoisotopic (exact) mass is 535 g/mol. The van der Waals surface area contributed by atoms with Gasteiger partial charge in [-0.2, -0.15) is 0 Å². The summed E-state index contributed by atoms with van der Waals surface area (Å²) in [5, 5.41) is 7.47. The largest absolute Gasteiger partial charge is 0.309 e. The van der Waals surface area contributed by atoms with Crippen molar-refractivity contribution in [3.05, 3.63) is 152 Å². The molecule has 9 aromatic rings. The van der Waals surface area contributed by atoms with Gasteiger partial charge in [0.15, 0.2) is 0 Å². The minimum atomic E-state index is 0.965. The van der Waals surface area contributed by atoms with E-state index in [4.69, 9.17) is 4.98 Å². The van der Waals surface area contributed by atoms with Gasteiger partial charge in [0, 0.05) is 50.1 Å². The van der Waals surface area contributed by atoms with Crippen LogP contribution in [0.25, 0.3) is 77.0 Å². The van der Waals surface area contributed by atoms with Gasteiger partial charge in [-0.3, -0.25) is 4.98 Å². The minimum Gasteiger partial charge on any atom is -0.309 e. The second-order valence-corrected chi connectivity index (χ2v) is 10.9. The fourth-order valence-electron chi connectivity index (χ4n) is 6.70. The Labute approximate surface area is 242 Å². The highest BCUT2D eigenvalue weighted by Crippen LogP contribution is 2.41. The molecule has 0 spiro atoms. The van der Waals surface area contributed by atoms with E-state index in [1.807, 2.05) is 12.3 Å². The molecule has 0 aliphatic carbocycles. The van der Waals surface area contributed by atoms with Crippen LogP contribution in [-0.2, 0) is 0 Å². The Bertz CT molecular complexity index is 2450. The van der Waals surface area contributed by atoms with Gasteiger partial charge in [0.2, 0.25) is 0 Å². The van der Waals surface area contributed by atoms with E-state index in [9.17, 15) is 0 Å². The first kappa shape index (κ1) is 23.1. The molecule has 0 aliphatic heterocycles. The van der Waals surface area contributed by atoms with Gasteiger partial charge in [-0.05, 0) is 53.9 Å². The Hall–Kier alpha value is -5.67. The molecule has 0 N–H and O–H groups in total. The molecule has 6 aromatic carbocycles. The van der Waals surface area contributed by atoms with Gasteiger partial charge in [-0.25, -0.2) is 0 Å². The first-order valence-corrected chi connectivity index (χ1v) is 14.3. The molecule has 0 radical (unpaired) electrons. The number of benzene rings is 6. The second-order valence-electron chi connectivity index (χ2n) is 10.9. The molecule has 0 saturated carbocycles. The summed E-state index contributed by atoms with van der Waals surface area (Å²) in [6.07, 6.45) is 1.93. The first-order valence-electron chi connectivity index (χ1n) is 14.3. The van der Waals surface area contributed by atoms with Gasteiger partial charge in [-0.15, -0.1) is 0 Å². The lowest BCUT2D eigenvalue weighted by Gasteiger charge is -2.12. The lowest BCUT2D eigenvalue weighted by molar-refractivity contribution is 1.16. The maximum atomic E-state index is 4.73. The summed E-state index contributed by atoms with van der Waals surface area (Å²) in [7, 11) is 0. The van der Waals surface area contributed by atoms with Gasteiger partial charge in [-0.1, -0.05) is 97.1 Å². The van der Waals surface area contributed by atoms with Crippen LogP contribution in [0.5, 0.6) is 0 Å². The normalized spacial score (nSPS) is 11.8. The van der Waals surface area contributed by atoms with E-state index in [0.29, 0.717) is 0 Å². The van der Waals surface area contributed by atoms with Gasteiger partial charge >= 0.3 is 0 Å². The topological polar surface area (TPSA) is 22.8 Å². The smallest absolute Gasteiger partial charge is 0.0722 e. The fourth-order valence-corrected chi connectivity index (χ4v) is 6.70. The minimum absolute atomic E-state index is 0.965. The first-order chi connectivity index (χ1) is 20.8. The molecular weight excluding hydrogens is 510 g/mol. The second kappa shape index (κ2) is 8.92. The van der Waals surface area contributed by atoms with Crippen molar-refractivity contribution in [2.45, 2.75) is 0 Å². The average Bonchev–Trinajstić information content (AvgIpc) is 3.57. The molecule has 9 rings (SSSR count). The quantitative estimate of drug-likeness (QED) is 0.221. The predicted octanol–water partition coefficient (Wildman–Crippen LogP) is 10.1. The van der Waals surface area contributed by atoms with E-state index in [0.717, 1.165) is 16.9 Å². The molecule has 42 heavy (non-hydrogen) atoms. The molecule has 3 nitrogen and oxygen atoms in total. The number of aromatic nitrogens is 3. The van der Waals surface area contributed by atoms with E-state index >= 15 is 0 Å². The number of nitrogens with zero attached hydrogens (tertiary/aromatic N) is 3. The third-order valence-corrected chi connectivity index (χ3v) is 8.53. The van der Waals surface area contributed by atoms with E-state index in [-0.39, 0.29) is 0 Å². The summed E-state index contributed by atoms with van der Waals surface area (Å²) >= 11 is 0. The van der Waals surface area contributed by atoms with Gasteiger partial charge in [0.1, 0.15) is 0 Å². The zero-order valence-corrected chi connectivity index (χ0v) is 22.8. The number of hydrogen-bond acceptors (Lipinski definition) is 1. The van der Waals surface area contributed by atoms with Crippen LogP contribution in [0.3, 0.4) is 0 Å². The third kappa shape index (κ3) is 3.31. The summed E-state index contributed by atoms with van der Waals surface area (Å²) < 4.78 is 4.81. The summed E-state index contributed by atoms with van der Waals surface area (Å²) in [5.74, 6) is 0. The highest BCUT2D eigenvalue weighted by Gasteiger charge is 2.18. The van der Waals surface area contributed by atoms with Crippen LogP contribution in [-0.4, -0.2) is 14.1 Å². The van der Waals surface area contributed by atoms with Crippen molar-refractivity contribution in [2.24, 2.45) is 0 Å². The Kier molecular flexibility index (Phi) is 4.90.